The van der Waals surface area contributed by atoms with Crippen LogP contribution in [0.25, 0.3) is 0 Å². The molecule has 1 saturated carbocycles. The van der Waals surface area contributed by atoms with Gasteiger partial charge < -0.3 is 10.5 Å². The minimum Gasteiger partial charge on any atom is -0.492 e. The highest BCUT2D eigenvalue weighted by Gasteiger charge is 2.30. The molecule has 2 atom stereocenters. The first-order chi connectivity index (χ1) is 10.1. The van der Waals surface area contributed by atoms with Crippen molar-refractivity contribution in [3.8, 4) is 5.75 Å². The zero-order valence-corrected chi connectivity index (χ0v) is 13.8. The van der Waals surface area contributed by atoms with Gasteiger partial charge in [-0.15, -0.1) is 0 Å². The van der Waals surface area contributed by atoms with Crippen molar-refractivity contribution in [1.82, 2.24) is 4.90 Å². The van der Waals surface area contributed by atoms with Gasteiger partial charge in [0.25, 0.3) is 0 Å². The number of rotatable bonds is 7. The molecule has 0 bridgehead atoms. The molecule has 1 aromatic rings. The summed E-state index contributed by atoms with van der Waals surface area (Å²) in [6.07, 6.45) is 3.90. The van der Waals surface area contributed by atoms with E-state index in [4.69, 9.17) is 10.5 Å². The van der Waals surface area contributed by atoms with Crippen molar-refractivity contribution in [3.05, 3.63) is 29.3 Å². The van der Waals surface area contributed by atoms with Crippen LogP contribution in [0.2, 0.25) is 0 Å². The Bertz CT molecular complexity index is 427. The van der Waals surface area contributed by atoms with Crippen LogP contribution in [0.5, 0.6) is 5.75 Å². The van der Waals surface area contributed by atoms with Crippen LogP contribution in [0.3, 0.4) is 0 Å². The lowest BCUT2D eigenvalue weighted by Crippen LogP contribution is -2.42. The first-order valence-corrected chi connectivity index (χ1v) is 8.29. The summed E-state index contributed by atoms with van der Waals surface area (Å²) in [4.78, 5) is 2.55. The average molecular weight is 290 g/mol. The quantitative estimate of drug-likeness (QED) is 0.838. The molecule has 0 radical (unpaired) electrons. The van der Waals surface area contributed by atoms with E-state index in [-0.39, 0.29) is 0 Å². The number of nitrogens with zero attached hydrogens (tertiary/aromatic N) is 1. The van der Waals surface area contributed by atoms with Gasteiger partial charge in [-0.1, -0.05) is 19.4 Å². The maximum Gasteiger partial charge on any atom is 0.119 e. The van der Waals surface area contributed by atoms with Crippen molar-refractivity contribution in [2.24, 2.45) is 11.7 Å². The molecule has 1 aliphatic rings. The molecule has 3 heteroatoms. The van der Waals surface area contributed by atoms with E-state index in [1.54, 1.807) is 0 Å². The van der Waals surface area contributed by atoms with Crippen molar-refractivity contribution in [2.75, 3.05) is 26.2 Å². The highest BCUT2D eigenvalue weighted by Crippen LogP contribution is 2.29. The molecule has 0 heterocycles. The fraction of sp³-hybridized carbons (Fsp3) is 0.667. The molecule has 0 spiro atoms. The Morgan fingerprint density at radius 3 is 2.52 bits per heavy atom. The van der Waals surface area contributed by atoms with Crippen LogP contribution in [-0.2, 0) is 0 Å². The molecule has 118 valence electrons. The maximum atomic E-state index is 5.96. The standard InChI is InChI=1S/C18H30N2O/c1-4-20(18-7-5-6-16(18)13-19)8-9-21-17-11-14(2)10-15(3)12-17/h10-12,16,18H,4-9,13,19H2,1-3H3. The average Bonchev–Trinajstić information content (AvgIpc) is 2.91. The predicted molar refractivity (Wildman–Crippen MR) is 88.8 cm³/mol. The van der Waals surface area contributed by atoms with E-state index in [1.165, 1.54) is 30.4 Å². The number of nitrogens with two attached hydrogens (primary N) is 1. The van der Waals surface area contributed by atoms with Crippen LogP contribution in [0.4, 0.5) is 0 Å². The Kier molecular flexibility index (Phi) is 6.07. The molecule has 0 saturated heterocycles. The van der Waals surface area contributed by atoms with E-state index in [0.29, 0.717) is 12.0 Å². The van der Waals surface area contributed by atoms with Crippen molar-refractivity contribution in [2.45, 2.75) is 46.1 Å². The van der Waals surface area contributed by atoms with E-state index in [2.05, 4.69) is 43.9 Å². The summed E-state index contributed by atoms with van der Waals surface area (Å²) in [7, 11) is 0. The smallest absolute Gasteiger partial charge is 0.119 e. The third-order valence-corrected chi connectivity index (χ3v) is 4.64. The second-order valence-electron chi connectivity index (χ2n) is 6.29. The van der Waals surface area contributed by atoms with Gasteiger partial charge in [-0.05, 0) is 69.0 Å². The van der Waals surface area contributed by atoms with E-state index in [9.17, 15) is 0 Å². The van der Waals surface area contributed by atoms with Crippen molar-refractivity contribution in [3.63, 3.8) is 0 Å². The van der Waals surface area contributed by atoms with Crippen LogP contribution < -0.4 is 10.5 Å². The monoisotopic (exact) mass is 290 g/mol. The zero-order chi connectivity index (χ0) is 15.2. The molecule has 2 unspecified atom stereocenters. The highest BCUT2D eigenvalue weighted by molar-refractivity contribution is 5.32. The molecule has 1 aliphatic carbocycles. The van der Waals surface area contributed by atoms with Gasteiger partial charge in [0.2, 0.25) is 0 Å². The third kappa shape index (κ3) is 4.45. The number of likely N-dealkylation sites (N-methyl/N-ethyl adjacent to an activating group) is 1. The molecule has 2 N–H and O–H groups in total. The maximum absolute atomic E-state index is 5.96. The predicted octanol–water partition coefficient (Wildman–Crippen LogP) is 3.13. The molecule has 21 heavy (non-hydrogen) atoms. The second kappa shape index (κ2) is 7.81. The lowest BCUT2D eigenvalue weighted by Gasteiger charge is -2.31. The molecular formula is C18H30N2O. The molecule has 0 amide bonds. The van der Waals surface area contributed by atoms with Crippen molar-refractivity contribution in [1.29, 1.82) is 0 Å². The van der Waals surface area contributed by atoms with Crippen LogP contribution in [0.1, 0.15) is 37.3 Å². The summed E-state index contributed by atoms with van der Waals surface area (Å²) in [5, 5.41) is 0. The molecule has 0 aliphatic heterocycles. The highest BCUT2D eigenvalue weighted by atomic mass is 16.5. The number of benzene rings is 1. The van der Waals surface area contributed by atoms with Crippen LogP contribution >= 0.6 is 0 Å². The molecule has 1 fully saturated rings. The first kappa shape index (κ1) is 16.3. The molecule has 1 aromatic carbocycles. The Morgan fingerprint density at radius 1 is 1.19 bits per heavy atom. The lowest BCUT2D eigenvalue weighted by molar-refractivity contribution is 0.141. The van der Waals surface area contributed by atoms with Gasteiger partial charge in [-0.25, -0.2) is 0 Å². The van der Waals surface area contributed by atoms with Crippen molar-refractivity contribution >= 4 is 0 Å². The van der Waals surface area contributed by atoms with Gasteiger partial charge >= 0.3 is 0 Å². The lowest BCUT2D eigenvalue weighted by atomic mass is 10.0. The van der Waals surface area contributed by atoms with Gasteiger partial charge in [-0.2, -0.15) is 0 Å². The Balaban J connectivity index is 1.85. The fourth-order valence-corrected chi connectivity index (χ4v) is 3.63. The summed E-state index contributed by atoms with van der Waals surface area (Å²) in [5.41, 5.74) is 8.43. The van der Waals surface area contributed by atoms with Gasteiger partial charge in [0, 0.05) is 12.6 Å². The summed E-state index contributed by atoms with van der Waals surface area (Å²) < 4.78 is 5.96. The molecule has 3 nitrogen and oxygen atoms in total. The summed E-state index contributed by atoms with van der Waals surface area (Å²) in [6, 6.07) is 7.06. The topological polar surface area (TPSA) is 38.5 Å². The van der Waals surface area contributed by atoms with E-state index < -0.39 is 0 Å². The third-order valence-electron chi connectivity index (χ3n) is 4.64. The Morgan fingerprint density at radius 2 is 1.90 bits per heavy atom. The molecule has 2 rings (SSSR count). The number of aryl methyl sites for hydroxylation is 2. The minimum absolute atomic E-state index is 0.655. The Hall–Kier alpha value is -1.06. The zero-order valence-electron chi connectivity index (χ0n) is 13.8. The number of hydrogen-bond acceptors (Lipinski definition) is 3. The first-order valence-electron chi connectivity index (χ1n) is 8.29. The summed E-state index contributed by atoms with van der Waals surface area (Å²) >= 11 is 0. The minimum atomic E-state index is 0.655. The summed E-state index contributed by atoms with van der Waals surface area (Å²) in [6.45, 7) is 10.1. The summed E-state index contributed by atoms with van der Waals surface area (Å²) in [5.74, 6) is 1.66. The largest absolute Gasteiger partial charge is 0.492 e. The van der Waals surface area contributed by atoms with Crippen molar-refractivity contribution < 1.29 is 4.74 Å². The van der Waals surface area contributed by atoms with Gasteiger partial charge in [0.1, 0.15) is 12.4 Å². The van der Waals surface area contributed by atoms with Gasteiger partial charge in [0.05, 0.1) is 0 Å². The number of ether oxygens (including phenoxy) is 1. The van der Waals surface area contributed by atoms with Gasteiger partial charge in [-0.3, -0.25) is 4.90 Å². The molecular weight excluding hydrogens is 260 g/mol. The van der Waals surface area contributed by atoms with Gasteiger partial charge in [0.15, 0.2) is 0 Å². The molecule has 0 aromatic heterocycles. The number of hydrogen-bond donors (Lipinski definition) is 1. The van der Waals surface area contributed by atoms with Crippen LogP contribution in [-0.4, -0.2) is 37.2 Å². The SMILES string of the molecule is CCN(CCOc1cc(C)cc(C)c1)C1CCCC1CN. The second-order valence-corrected chi connectivity index (χ2v) is 6.29. The Labute approximate surface area is 129 Å². The fourth-order valence-electron chi connectivity index (χ4n) is 3.63. The normalized spacial score (nSPS) is 22.0. The van der Waals surface area contributed by atoms with E-state index in [0.717, 1.165) is 32.0 Å². The van der Waals surface area contributed by atoms with E-state index in [1.807, 2.05) is 0 Å². The van der Waals surface area contributed by atoms with Crippen LogP contribution in [0.15, 0.2) is 18.2 Å². The van der Waals surface area contributed by atoms with Crippen LogP contribution in [0, 0.1) is 19.8 Å². The van der Waals surface area contributed by atoms with E-state index >= 15 is 0 Å².